The SMILES string of the molecule is Cc1ccc(CNC2CCCS(=O)(=O)C2)o1. The predicted molar refractivity (Wildman–Crippen MR) is 62.0 cm³/mol. The Kier molecular flexibility index (Phi) is 3.35. The van der Waals surface area contributed by atoms with Gasteiger partial charge in [0.2, 0.25) is 0 Å². The van der Waals surface area contributed by atoms with Gasteiger partial charge < -0.3 is 9.73 Å². The lowest BCUT2D eigenvalue weighted by Crippen LogP contribution is -2.39. The van der Waals surface area contributed by atoms with Gasteiger partial charge in [-0.05, 0) is 31.9 Å². The van der Waals surface area contributed by atoms with Crippen molar-refractivity contribution in [3.05, 3.63) is 23.7 Å². The molecule has 0 bridgehead atoms. The van der Waals surface area contributed by atoms with Crippen LogP contribution in [-0.2, 0) is 16.4 Å². The van der Waals surface area contributed by atoms with Gasteiger partial charge in [-0.15, -0.1) is 0 Å². The molecule has 1 aliphatic rings. The van der Waals surface area contributed by atoms with E-state index in [0.29, 0.717) is 12.3 Å². The second-order valence-electron chi connectivity index (χ2n) is 4.35. The maximum absolute atomic E-state index is 11.4. The summed E-state index contributed by atoms with van der Waals surface area (Å²) < 4.78 is 28.2. The summed E-state index contributed by atoms with van der Waals surface area (Å²) >= 11 is 0. The lowest BCUT2D eigenvalue weighted by Gasteiger charge is -2.22. The van der Waals surface area contributed by atoms with Crippen LogP contribution in [0.4, 0.5) is 0 Å². The molecule has 2 rings (SSSR count). The summed E-state index contributed by atoms with van der Waals surface area (Å²) in [6.07, 6.45) is 1.69. The molecule has 1 atom stereocenters. The quantitative estimate of drug-likeness (QED) is 0.868. The summed E-state index contributed by atoms with van der Waals surface area (Å²) in [4.78, 5) is 0. The van der Waals surface area contributed by atoms with Gasteiger partial charge in [-0.3, -0.25) is 0 Å². The first-order chi connectivity index (χ1) is 7.55. The van der Waals surface area contributed by atoms with Crippen molar-refractivity contribution in [1.29, 1.82) is 0 Å². The smallest absolute Gasteiger partial charge is 0.151 e. The predicted octanol–water partition coefficient (Wildman–Crippen LogP) is 1.25. The van der Waals surface area contributed by atoms with Crippen LogP contribution in [0.25, 0.3) is 0 Å². The Morgan fingerprint density at radius 2 is 2.31 bits per heavy atom. The maximum atomic E-state index is 11.4. The van der Waals surface area contributed by atoms with Crippen molar-refractivity contribution < 1.29 is 12.8 Å². The molecule has 0 aliphatic carbocycles. The number of furan rings is 1. The molecule has 1 unspecified atom stereocenters. The molecule has 1 fully saturated rings. The largest absolute Gasteiger partial charge is 0.465 e. The second-order valence-corrected chi connectivity index (χ2v) is 6.58. The van der Waals surface area contributed by atoms with Gasteiger partial charge in [0, 0.05) is 6.04 Å². The average molecular weight is 243 g/mol. The molecule has 1 saturated heterocycles. The molecule has 0 amide bonds. The van der Waals surface area contributed by atoms with Gasteiger partial charge in [-0.2, -0.15) is 0 Å². The zero-order valence-electron chi connectivity index (χ0n) is 9.40. The van der Waals surface area contributed by atoms with Crippen molar-refractivity contribution in [2.75, 3.05) is 11.5 Å². The van der Waals surface area contributed by atoms with E-state index in [1.165, 1.54) is 0 Å². The Morgan fingerprint density at radius 1 is 1.50 bits per heavy atom. The van der Waals surface area contributed by atoms with Crippen LogP contribution in [0.1, 0.15) is 24.4 Å². The Morgan fingerprint density at radius 3 is 2.94 bits per heavy atom. The van der Waals surface area contributed by atoms with E-state index in [4.69, 9.17) is 4.42 Å². The van der Waals surface area contributed by atoms with Crippen LogP contribution < -0.4 is 5.32 Å². The van der Waals surface area contributed by atoms with Gasteiger partial charge in [0.05, 0.1) is 18.1 Å². The van der Waals surface area contributed by atoms with Crippen LogP contribution in [-0.4, -0.2) is 26.0 Å². The van der Waals surface area contributed by atoms with Crippen LogP contribution in [0, 0.1) is 6.92 Å². The van der Waals surface area contributed by atoms with Crippen molar-refractivity contribution >= 4 is 9.84 Å². The van der Waals surface area contributed by atoms with E-state index in [0.717, 1.165) is 24.4 Å². The van der Waals surface area contributed by atoms with Gasteiger partial charge in [0.25, 0.3) is 0 Å². The van der Waals surface area contributed by atoms with E-state index >= 15 is 0 Å². The monoisotopic (exact) mass is 243 g/mol. The summed E-state index contributed by atoms with van der Waals surface area (Å²) in [5, 5.41) is 3.23. The summed E-state index contributed by atoms with van der Waals surface area (Å²) in [5.41, 5.74) is 0. The van der Waals surface area contributed by atoms with E-state index in [1.54, 1.807) is 0 Å². The molecule has 0 radical (unpaired) electrons. The first kappa shape index (κ1) is 11.7. The number of hydrogen-bond acceptors (Lipinski definition) is 4. The molecule has 0 spiro atoms. The topological polar surface area (TPSA) is 59.3 Å². The van der Waals surface area contributed by atoms with Gasteiger partial charge in [-0.1, -0.05) is 0 Å². The van der Waals surface area contributed by atoms with Crippen molar-refractivity contribution in [3.8, 4) is 0 Å². The molecular weight excluding hydrogens is 226 g/mol. The third-order valence-corrected chi connectivity index (χ3v) is 4.64. The van der Waals surface area contributed by atoms with Crippen molar-refractivity contribution in [2.45, 2.75) is 32.4 Å². The highest BCUT2D eigenvalue weighted by Crippen LogP contribution is 2.13. The third-order valence-electron chi connectivity index (χ3n) is 2.82. The molecule has 1 aromatic rings. The van der Waals surface area contributed by atoms with E-state index in [1.807, 2.05) is 19.1 Å². The Labute approximate surface area is 95.9 Å². The van der Waals surface area contributed by atoms with Crippen molar-refractivity contribution in [1.82, 2.24) is 5.32 Å². The molecule has 4 nitrogen and oxygen atoms in total. The minimum Gasteiger partial charge on any atom is -0.465 e. The molecule has 5 heteroatoms. The van der Waals surface area contributed by atoms with Crippen LogP contribution in [0.3, 0.4) is 0 Å². The molecule has 1 N–H and O–H groups in total. The summed E-state index contributed by atoms with van der Waals surface area (Å²) in [7, 11) is -2.82. The van der Waals surface area contributed by atoms with E-state index in [9.17, 15) is 8.42 Å². The number of aryl methyl sites for hydroxylation is 1. The average Bonchev–Trinajstić information content (AvgIpc) is 2.60. The number of sulfone groups is 1. The Hall–Kier alpha value is -0.810. The molecule has 1 aromatic heterocycles. The number of hydrogen-bond donors (Lipinski definition) is 1. The molecule has 90 valence electrons. The zero-order chi connectivity index (χ0) is 11.6. The fourth-order valence-corrected chi connectivity index (χ4v) is 3.68. The minimum atomic E-state index is -2.82. The Bertz CT molecular complexity index is 450. The summed E-state index contributed by atoms with van der Waals surface area (Å²) in [5.74, 6) is 2.34. The van der Waals surface area contributed by atoms with Crippen LogP contribution in [0.15, 0.2) is 16.5 Å². The maximum Gasteiger partial charge on any atom is 0.151 e. The van der Waals surface area contributed by atoms with Gasteiger partial charge >= 0.3 is 0 Å². The van der Waals surface area contributed by atoms with E-state index < -0.39 is 9.84 Å². The molecule has 2 heterocycles. The molecule has 0 saturated carbocycles. The summed E-state index contributed by atoms with van der Waals surface area (Å²) in [6.45, 7) is 2.50. The normalized spacial score (nSPS) is 24.4. The van der Waals surface area contributed by atoms with Crippen LogP contribution in [0.5, 0.6) is 0 Å². The van der Waals surface area contributed by atoms with Gasteiger partial charge in [-0.25, -0.2) is 8.42 Å². The van der Waals surface area contributed by atoms with Gasteiger partial charge in [0.15, 0.2) is 9.84 Å². The lowest BCUT2D eigenvalue weighted by molar-refractivity contribution is 0.423. The third kappa shape index (κ3) is 3.09. The standard InChI is InChI=1S/C11H17NO3S/c1-9-4-5-11(15-9)7-12-10-3-2-6-16(13,14)8-10/h4-5,10,12H,2-3,6-8H2,1H3. The first-order valence-corrected chi connectivity index (χ1v) is 7.36. The number of nitrogens with one attached hydrogen (secondary N) is 1. The second kappa shape index (κ2) is 4.59. The van der Waals surface area contributed by atoms with E-state index in [2.05, 4.69) is 5.32 Å². The molecule has 16 heavy (non-hydrogen) atoms. The highest BCUT2D eigenvalue weighted by Gasteiger charge is 2.24. The van der Waals surface area contributed by atoms with Crippen LogP contribution in [0.2, 0.25) is 0 Å². The fourth-order valence-electron chi connectivity index (χ4n) is 2.01. The van der Waals surface area contributed by atoms with Crippen molar-refractivity contribution in [3.63, 3.8) is 0 Å². The zero-order valence-corrected chi connectivity index (χ0v) is 10.2. The number of rotatable bonds is 3. The van der Waals surface area contributed by atoms with Crippen LogP contribution >= 0.6 is 0 Å². The highest BCUT2D eigenvalue weighted by molar-refractivity contribution is 7.91. The van der Waals surface area contributed by atoms with Crippen molar-refractivity contribution in [2.24, 2.45) is 0 Å². The summed E-state index contributed by atoms with van der Waals surface area (Å²) in [6, 6.07) is 3.90. The van der Waals surface area contributed by atoms with E-state index in [-0.39, 0.29) is 11.8 Å². The highest BCUT2D eigenvalue weighted by atomic mass is 32.2. The lowest BCUT2D eigenvalue weighted by atomic mass is 10.2. The Balaban J connectivity index is 1.86. The molecule has 0 aromatic carbocycles. The minimum absolute atomic E-state index is 0.0733. The fraction of sp³-hybridized carbons (Fsp3) is 0.636. The first-order valence-electron chi connectivity index (χ1n) is 5.54. The molecular formula is C11H17NO3S. The molecule has 1 aliphatic heterocycles. The van der Waals surface area contributed by atoms with Gasteiger partial charge in [0.1, 0.15) is 11.5 Å².